The SMILES string of the molecule is CC(C)(C)Oc1ccc(S(=O)(=O)c2cc(S(=O)(=O)c3ccc(C(C)(C)C)cc3)cc(S(=O)(=O)c3ccc(C(C)(C)C)cc3)c2)cc1. The van der Waals surface area contributed by atoms with E-state index in [1.54, 1.807) is 24.3 Å². The molecule has 46 heavy (non-hydrogen) atoms. The number of rotatable bonds is 7. The van der Waals surface area contributed by atoms with Crippen molar-refractivity contribution in [3.05, 3.63) is 102 Å². The maximum Gasteiger partial charge on any atom is 0.206 e. The molecule has 4 rings (SSSR count). The third-order valence-corrected chi connectivity index (χ3v) is 12.7. The molecule has 0 amide bonds. The second-order valence-electron chi connectivity index (χ2n) is 14.4. The van der Waals surface area contributed by atoms with Crippen LogP contribution >= 0.6 is 0 Å². The zero-order valence-electron chi connectivity index (χ0n) is 27.7. The van der Waals surface area contributed by atoms with Gasteiger partial charge in [-0.05, 0) is 109 Å². The predicted octanol–water partition coefficient (Wildman–Crippen LogP) is 7.96. The normalized spacial score (nSPS) is 13.4. The maximum atomic E-state index is 14.0. The van der Waals surface area contributed by atoms with Crippen molar-refractivity contribution in [2.75, 3.05) is 0 Å². The summed E-state index contributed by atoms with van der Waals surface area (Å²) < 4.78 is 89.5. The summed E-state index contributed by atoms with van der Waals surface area (Å²) in [5, 5.41) is 0. The highest BCUT2D eigenvalue weighted by Crippen LogP contribution is 2.34. The van der Waals surface area contributed by atoms with Crippen LogP contribution in [0.1, 0.15) is 73.4 Å². The van der Waals surface area contributed by atoms with Gasteiger partial charge in [0.05, 0.1) is 29.4 Å². The van der Waals surface area contributed by atoms with Crippen LogP contribution in [0.4, 0.5) is 0 Å². The van der Waals surface area contributed by atoms with Crippen molar-refractivity contribution in [1.29, 1.82) is 0 Å². The van der Waals surface area contributed by atoms with Crippen LogP contribution in [0.3, 0.4) is 0 Å². The standard InChI is InChI=1S/C36H42O7S3/c1-34(2,3)25-10-16-28(17-11-25)44(37,38)31-22-32(45(39,40)29-18-12-26(13-19-29)35(4,5)6)24-33(23-31)46(41,42)30-20-14-27(15-21-30)43-36(7,8)9/h10-24H,1-9H3. The summed E-state index contributed by atoms with van der Waals surface area (Å²) in [5.74, 6) is 0.448. The fraction of sp³-hybridized carbons (Fsp3) is 0.333. The molecule has 0 fully saturated rings. The van der Waals surface area contributed by atoms with Gasteiger partial charge in [0.15, 0.2) is 0 Å². The molecule has 0 aliphatic rings. The third-order valence-electron chi connectivity index (χ3n) is 7.40. The van der Waals surface area contributed by atoms with Crippen molar-refractivity contribution < 1.29 is 30.0 Å². The summed E-state index contributed by atoms with van der Waals surface area (Å²) in [6, 6.07) is 21.4. The predicted molar refractivity (Wildman–Crippen MR) is 180 cm³/mol. The number of hydrogen-bond donors (Lipinski definition) is 0. The minimum absolute atomic E-state index is 0.0865. The van der Waals surface area contributed by atoms with Gasteiger partial charge in [-0.25, -0.2) is 25.3 Å². The molecule has 0 atom stereocenters. The third kappa shape index (κ3) is 7.56. The number of sulfone groups is 3. The molecule has 0 aliphatic heterocycles. The molecular formula is C36H42O7S3. The van der Waals surface area contributed by atoms with E-state index in [1.165, 1.54) is 48.5 Å². The van der Waals surface area contributed by atoms with Crippen LogP contribution in [0.15, 0.2) is 120 Å². The van der Waals surface area contributed by atoms with Crippen LogP contribution in [-0.4, -0.2) is 30.9 Å². The molecule has 0 radical (unpaired) electrons. The van der Waals surface area contributed by atoms with E-state index >= 15 is 0 Å². The highest BCUT2D eigenvalue weighted by Gasteiger charge is 2.29. The molecule has 0 aromatic heterocycles. The lowest BCUT2D eigenvalue weighted by Crippen LogP contribution is -2.22. The Hall–Kier alpha value is -3.47. The van der Waals surface area contributed by atoms with Crippen molar-refractivity contribution in [2.45, 2.75) is 108 Å². The lowest BCUT2D eigenvalue weighted by atomic mass is 9.87. The van der Waals surface area contributed by atoms with Crippen LogP contribution in [0, 0.1) is 0 Å². The average molecular weight is 683 g/mol. The Balaban J connectivity index is 1.91. The fourth-order valence-corrected chi connectivity index (χ4v) is 8.94. The van der Waals surface area contributed by atoms with Crippen LogP contribution in [0.25, 0.3) is 0 Å². The highest BCUT2D eigenvalue weighted by molar-refractivity contribution is 7.93. The van der Waals surface area contributed by atoms with Gasteiger partial charge in [-0.1, -0.05) is 65.8 Å². The Morgan fingerprint density at radius 2 is 0.652 bits per heavy atom. The molecular weight excluding hydrogens is 641 g/mol. The molecule has 0 unspecified atom stereocenters. The topological polar surface area (TPSA) is 112 Å². The molecule has 10 heteroatoms. The molecule has 0 bridgehead atoms. The Kier molecular flexibility index (Phi) is 9.20. The van der Waals surface area contributed by atoms with Gasteiger partial charge in [0.25, 0.3) is 0 Å². The van der Waals surface area contributed by atoms with E-state index in [9.17, 15) is 25.3 Å². The summed E-state index contributed by atoms with van der Waals surface area (Å²) in [4.78, 5) is -1.68. The second kappa shape index (κ2) is 12.0. The highest BCUT2D eigenvalue weighted by atomic mass is 32.2. The van der Waals surface area contributed by atoms with Gasteiger partial charge in [-0.2, -0.15) is 0 Å². The Morgan fingerprint density at radius 1 is 0.391 bits per heavy atom. The molecule has 0 heterocycles. The molecule has 7 nitrogen and oxygen atoms in total. The molecule has 0 aliphatic carbocycles. The largest absolute Gasteiger partial charge is 0.488 e. The van der Waals surface area contributed by atoms with E-state index in [0.29, 0.717) is 5.75 Å². The summed E-state index contributed by atoms with van der Waals surface area (Å²) in [5.41, 5.74) is 0.844. The number of benzene rings is 4. The van der Waals surface area contributed by atoms with Crippen LogP contribution in [0.5, 0.6) is 5.75 Å². The van der Waals surface area contributed by atoms with Gasteiger partial charge in [-0.15, -0.1) is 0 Å². The first-order chi connectivity index (χ1) is 20.9. The lowest BCUT2D eigenvalue weighted by molar-refractivity contribution is 0.131. The Bertz CT molecular complexity index is 1950. The van der Waals surface area contributed by atoms with Crippen molar-refractivity contribution in [2.24, 2.45) is 0 Å². The van der Waals surface area contributed by atoms with E-state index in [-0.39, 0.29) is 25.5 Å². The average Bonchev–Trinajstić information content (AvgIpc) is 2.95. The Morgan fingerprint density at radius 3 is 0.891 bits per heavy atom. The molecule has 0 saturated carbocycles. The number of ether oxygens (including phenoxy) is 1. The van der Waals surface area contributed by atoms with E-state index < -0.39 is 49.8 Å². The van der Waals surface area contributed by atoms with Crippen molar-refractivity contribution in [3.63, 3.8) is 0 Å². The van der Waals surface area contributed by atoms with E-state index in [2.05, 4.69) is 0 Å². The molecule has 246 valence electrons. The van der Waals surface area contributed by atoms with Gasteiger partial charge >= 0.3 is 0 Å². The smallest absolute Gasteiger partial charge is 0.206 e. The van der Waals surface area contributed by atoms with Crippen molar-refractivity contribution >= 4 is 29.5 Å². The summed E-state index contributed by atoms with van der Waals surface area (Å²) in [6.45, 7) is 17.6. The van der Waals surface area contributed by atoms with Gasteiger partial charge in [0.1, 0.15) is 11.4 Å². The zero-order chi connectivity index (χ0) is 34.5. The van der Waals surface area contributed by atoms with E-state index in [0.717, 1.165) is 29.3 Å². The summed E-state index contributed by atoms with van der Waals surface area (Å²) in [6.07, 6.45) is 0. The molecule has 4 aromatic rings. The summed E-state index contributed by atoms with van der Waals surface area (Å²) >= 11 is 0. The van der Waals surface area contributed by atoms with Gasteiger partial charge in [0, 0.05) is 0 Å². The first-order valence-corrected chi connectivity index (χ1v) is 19.3. The van der Waals surface area contributed by atoms with Gasteiger partial charge in [-0.3, -0.25) is 0 Å². The fourth-order valence-electron chi connectivity index (χ4n) is 4.73. The zero-order valence-corrected chi connectivity index (χ0v) is 30.2. The Labute approximate surface area is 274 Å². The number of hydrogen-bond acceptors (Lipinski definition) is 7. The van der Waals surface area contributed by atoms with Gasteiger partial charge in [0.2, 0.25) is 29.5 Å². The first-order valence-electron chi connectivity index (χ1n) is 14.8. The van der Waals surface area contributed by atoms with Crippen molar-refractivity contribution in [3.8, 4) is 5.75 Å². The minimum Gasteiger partial charge on any atom is -0.488 e. The molecule has 0 spiro atoms. The van der Waals surface area contributed by atoms with Gasteiger partial charge < -0.3 is 4.74 Å². The molecule has 4 aromatic carbocycles. The molecule has 0 saturated heterocycles. The van der Waals surface area contributed by atoms with Crippen LogP contribution < -0.4 is 4.74 Å². The maximum absolute atomic E-state index is 14.0. The second-order valence-corrected chi connectivity index (χ2v) is 20.2. The van der Waals surface area contributed by atoms with Crippen LogP contribution in [-0.2, 0) is 40.3 Å². The van der Waals surface area contributed by atoms with E-state index in [1.807, 2.05) is 62.3 Å². The van der Waals surface area contributed by atoms with Crippen molar-refractivity contribution in [1.82, 2.24) is 0 Å². The molecule has 0 N–H and O–H groups in total. The minimum atomic E-state index is -4.37. The quantitative estimate of drug-likeness (QED) is 0.194. The lowest BCUT2D eigenvalue weighted by Gasteiger charge is -2.21. The van der Waals surface area contributed by atoms with Crippen LogP contribution in [0.2, 0.25) is 0 Å². The van der Waals surface area contributed by atoms with E-state index in [4.69, 9.17) is 4.74 Å². The summed E-state index contributed by atoms with van der Waals surface area (Å²) in [7, 11) is -13.0. The monoisotopic (exact) mass is 682 g/mol. The first kappa shape index (κ1) is 35.4.